The molecule has 0 aliphatic carbocycles. The van der Waals surface area contributed by atoms with Crippen LogP contribution >= 0.6 is 27.7 Å². The molecule has 0 heterocycles. The van der Waals surface area contributed by atoms with E-state index in [1.165, 1.54) is 0 Å². The van der Waals surface area contributed by atoms with Crippen molar-refractivity contribution < 1.29 is 23.1 Å². The summed E-state index contributed by atoms with van der Waals surface area (Å²) in [6, 6.07) is 6.50. The Kier molecular flexibility index (Phi) is 5.52. The minimum Gasteiger partial charge on any atom is -0.480 e. The van der Waals surface area contributed by atoms with Crippen LogP contribution in [0.2, 0.25) is 0 Å². The van der Waals surface area contributed by atoms with Crippen molar-refractivity contribution in [3.05, 3.63) is 34.3 Å². The van der Waals surface area contributed by atoms with Crippen molar-refractivity contribution in [2.75, 3.05) is 5.75 Å². The Labute approximate surface area is 115 Å². The summed E-state index contributed by atoms with van der Waals surface area (Å²) >= 11 is 3.99. The quantitative estimate of drug-likeness (QED) is 0.868. The van der Waals surface area contributed by atoms with Gasteiger partial charge in [0.25, 0.3) is 0 Å². The summed E-state index contributed by atoms with van der Waals surface area (Å²) in [4.78, 5) is 11.0. The van der Waals surface area contributed by atoms with Gasteiger partial charge >= 0.3 is 12.1 Å². The Bertz CT molecular complexity index is 406. The predicted octanol–water partition coefficient (Wildman–Crippen LogP) is 4.26. The third kappa shape index (κ3) is 5.30. The van der Waals surface area contributed by atoms with Crippen LogP contribution in [0, 0.1) is 0 Å². The molecule has 7 heteroatoms. The molecular formula is C11H10BrF3O2S. The van der Waals surface area contributed by atoms with E-state index in [0.717, 1.165) is 16.2 Å². The first-order chi connectivity index (χ1) is 8.29. The Hall–Kier alpha value is -0.690. The third-order valence-corrected chi connectivity index (χ3v) is 3.84. The number of halogens is 4. The number of hydrogen-bond donors (Lipinski definition) is 1. The maximum atomic E-state index is 12.0. The van der Waals surface area contributed by atoms with E-state index >= 15 is 0 Å². The molecule has 0 spiro atoms. The van der Waals surface area contributed by atoms with Crippen LogP contribution < -0.4 is 0 Å². The van der Waals surface area contributed by atoms with Crippen LogP contribution in [0.5, 0.6) is 0 Å². The summed E-state index contributed by atoms with van der Waals surface area (Å²) in [5, 5.41) is 8.04. The first kappa shape index (κ1) is 15.4. The highest BCUT2D eigenvalue weighted by atomic mass is 79.9. The van der Waals surface area contributed by atoms with Crippen LogP contribution in [0.1, 0.15) is 17.2 Å². The fourth-order valence-electron chi connectivity index (χ4n) is 1.24. The molecule has 1 aromatic rings. The topological polar surface area (TPSA) is 37.3 Å². The summed E-state index contributed by atoms with van der Waals surface area (Å²) in [5.41, 5.74) is 0.484. The molecule has 18 heavy (non-hydrogen) atoms. The van der Waals surface area contributed by atoms with Gasteiger partial charge in [-0.2, -0.15) is 13.2 Å². The van der Waals surface area contributed by atoms with E-state index in [4.69, 9.17) is 5.11 Å². The molecule has 0 saturated carbocycles. The molecule has 0 aliphatic heterocycles. The summed E-state index contributed by atoms with van der Waals surface area (Å²) in [6.45, 7) is 0. The van der Waals surface area contributed by atoms with Gasteiger partial charge < -0.3 is 5.11 Å². The molecule has 1 unspecified atom stereocenters. The zero-order valence-electron chi connectivity index (χ0n) is 9.08. The molecule has 0 aliphatic rings. The maximum Gasteiger partial charge on any atom is 0.389 e. The van der Waals surface area contributed by atoms with Gasteiger partial charge in [0, 0.05) is 10.2 Å². The molecule has 0 amide bonds. The van der Waals surface area contributed by atoms with Crippen molar-refractivity contribution in [3.63, 3.8) is 0 Å². The zero-order valence-corrected chi connectivity index (χ0v) is 11.5. The van der Waals surface area contributed by atoms with Gasteiger partial charge in [0.05, 0.1) is 6.42 Å². The minimum atomic E-state index is -4.25. The van der Waals surface area contributed by atoms with Crippen molar-refractivity contribution in [3.8, 4) is 0 Å². The lowest BCUT2D eigenvalue weighted by atomic mass is 10.1. The van der Waals surface area contributed by atoms with Crippen LogP contribution in [0.15, 0.2) is 28.7 Å². The van der Waals surface area contributed by atoms with Crippen molar-refractivity contribution in [2.45, 2.75) is 17.8 Å². The molecule has 1 aromatic carbocycles. The number of thioether (sulfide) groups is 1. The summed E-state index contributed by atoms with van der Waals surface area (Å²) in [6.07, 6.45) is -5.24. The highest BCUT2D eigenvalue weighted by Gasteiger charge is 2.28. The molecule has 1 rings (SSSR count). The molecule has 0 bridgehead atoms. The number of carboxylic acids is 1. The van der Waals surface area contributed by atoms with Gasteiger partial charge in [-0.05, 0) is 17.7 Å². The first-order valence-corrected chi connectivity index (χ1v) is 6.80. The molecule has 2 nitrogen and oxygen atoms in total. The molecule has 1 atom stereocenters. The highest BCUT2D eigenvalue weighted by Crippen LogP contribution is 2.32. The lowest BCUT2D eigenvalue weighted by Crippen LogP contribution is -2.12. The monoisotopic (exact) mass is 342 g/mol. The second-order valence-electron chi connectivity index (χ2n) is 3.51. The van der Waals surface area contributed by atoms with E-state index in [0.29, 0.717) is 5.56 Å². The van der Waals surface area contributed by atoms with E-state index in [1.807, 2.05) is 0 Å². The van der Waals surface area contributed by atoms with Crippen LogP contribution in [-0.4, -0.2) is 23.0 Å². The van der Waals surface area contributed by atoms with Gasteiger partial charge in [0.2, 0.25) is 0 Å². The fourth-order valence-corrected chi connectivity index (χ4v) is 2.58. The number of rotatable bonds is 5. The van der Waals surface area contributed by atoms with E-state index in [9.17, 15) is 18.0 Å². The fraction of sp³-hybridized carbons (Fsp3) is 0.364. The van der Waals surface area contributed by atoms with E-state index in [-0.39, 0.29) is 5.75 Å². The number of hydrogen-bond acceptors (Lipinski definition) is 2. The molecular weight excluding hydrogens is 333 g/mol. The minimum absolute atomic E-state index is 0.267. The van der Waals surface area contributed by atoms with Crippen LogP contribution in [0.3, 0.4) is 0 Å². The van der Waals surface area contributed by atoms with Crippen LogP contribution in [0.25, 0.3) is 0 Å². The Balaban J connectivity index is 2.66. The molecule has 100 valence electrons. The van der Waals surface area contributed by atoms with E-state index < -0.39 is 23.8 Å². The highest BCUT2D eigenvalue weighted by molar-refractivity contribution is 9.10. The average molecular weight is 343 g/mol. The standard InChI is InChI=1S/C11H10BrF3O2S/c12-8-3-1-7(2-4-8)9(10(16)17)18-6-5-11(13,14)15/h1-4,9H,5-6H2,(H,16,17). The van der Waals surface area contributed by atoms with Crippen LogP contribution in [0.4, 0.5) is 13.2 Å². The summed E-state index contributed by atoms with van der Waals surface area (Å²) in [7, 11) is 0. The van der Waals surface area contributed by atoms with Gasteiger partial charge in [-0.1, -0.05) is 28.1 Å². The summed E-state index contributed by atoms with van der Waals surface area (Å²) < 4.78 is 36.8. The molecule has 0 aromatic heterocycles. The van der Waals surface area contributed by atoms with Crippen LogP contribution in [-0.2, 0) is 4.79 Å². The largest absolute Gasteiger partial charge is 0.480 e. The van der Waals surface area contributed by atoms with Crippen molar-refractivity contribution in [2.24, 2.45) is 0 Å². The number of carbonyl (C=O) groups is 1. The molecule has 0 radical (unpaired) electrons. The zero-order chi connectivity index (χ0) is 13.8. The smallest absolute Gasteiger partial charge is 0.389 e. The number of aliphatic carboxylic acids is 1. The molecule has 0 fully saturated rings. The third-order valence-electron chi connectivity index (χ3n) is 2.07. The summed E-state index contributed by atoms with van der Waals surface area (Å²) in [5.74, 6) is -1.40. The average Bonchev–Trinajstić information content (AvgIpc) is 2.24. The number of benzene rings is 1. The van der Waals surface area contributed by atoms with Crippen molar-refractivity contribution >= 4 is 33.7 Å². The predicted molar refractivity (Wildman–Crippen MR) is 67.6 cm³/mol. The lowest BCUT2D eigenvalue weighted by Gasteiger charge is -2.13. The van der Waals surface area contributed by atoms with Gasteiger partial charge in [-0.15, -0.1) is 11.8 Å². The second-order valence-corrected chi connectivity index (χ2v) is 5.63. The Morgan fingerprint density at radius 3 is 2.33 bits per heavy atom. The Morgan fingerprint density at radius 1 is 1.33 bits per heavy atom. The SMILES string of the molecule is O=C(O)C(SCCC(F)(F)F)c1ccc(Br)cc1. The number of alkyl halides is 3. The van der Waals surface area contributed by atoms with Gasteiger partial charge in [0.1, 0.15) is 5.25 Å². The Morgan fingerprint density at radius 2 is 1.89 bits per heavy atom. The van der Waals surface area contributed by atoms with Gasteiger partial charge in [-0.25, -0.2) is 0 Å². The maximum absolute atomic E-state index is 12.0. The normalized spacial score (nSPS) is 13.3. The van der Waals surface area contributed by atoms with E-state index in [1.54, 1.807) is 24.3 Å². The van der Waals surface area contributed by atoms with Crippen molar-refractivity contribution in [1.82, 2.24) is 0 Å². The van der Waals surface area contributed by atoms with Gasteiger partial charge in [0.15, 0.2) is 0 Å². The first-order valence-electron chi connectivity index (χ1n) is 4.96. The number of carboxylic acid groups (broad SMARTS) is 1. The van der Waals surface area contributed by atoms with Gasteiger partial charge in [-0.3, -0.25) is 4.79 Å². The molecule has 1 N–H and O–H groups in total. The lowest BCUT2D eigenvalue weighted by molar-refractivity contribution is -0.137. The molecule has 0 saturated heterocycles. The van der Waals surface area contributed by atoms with Crippen molar-refractivity contribution in [1.29, 1.82) is 0 Å². The second kappa shape index (κ2) is 6.47. The van der Waals surface area contributed by atoms with E-state index in [2.05, 4.69) is 15.9 Å².